The summed E-state index contributed by atoms with van der Waals surface area (Å²) in [5, 5.41) is 20.7. The third-order valence-electron chi connectivity index (χ3n) is 7.42. The van der Waals surface area contributed by atoms with Gasteiger partial charge >= 0.3 is 0 Å². The summed E-state index contributed by atoms with van der Waals surface area (Å²) in [4.78, 5) is 9.74. The van der Waals surface area contributed by atoms with Gasteiger partial charge < -0.3 is 9.80 Å². The molecule has 2 aromatic rings. The van der Waals surface area contributed by atoms with Gasteiger partial charge in [0.25, 0.3) is 0 Å². The number of thioether (sulfide) groups is 1. The molecule has 10 heteroatoms. The molecule has 4 rings (SSSR count). The minimum absolute atomic E-state index is 0.480. The number of benzene rings is 1. The lowest BCUT2D eigenvalue weighted by Gasteiger charge is -2.37. The molecule has 37 heavy (non-hydrogen) atoms. The maximum atomic E-state index is 11.8. The van der Waals surface area contributed by atoms with Crippen molar-refractivity contribution in [3.63, 3.8) is 0 Å². The topological polar surface area (TPSA) is 104 Å². The Morgan fingerprint density at radius 2 is 1.68 bits per heavy atom. The van der Waals surface area contributed by atoms with Gasteiger partial charge in [-0.2, -0.15) is 10.5 Å². The van der Waals surface area contributed by atoms with E-state index in [4.69, 9.17) is 4.98 Å². The quantitative estimate of drug-likeness (QED) is 0.462. The van der Waals surface area contributed by atoms with Crippen LogP contribution >= 0.6 is 11.8 Å². The summed E-state index contributed by atoms with van der Waals surface area (Å²) < 4.78 is 24.9. The van der Waals surface area contributed by atoms with Crippen molar-refractivity contribution < 1.29 is 8.42 Å². The molecular weight excluding hydrogens is 504 g/mol. The van der Waals surface area contributed by atoms with Crippen molar-refractivity contribution in [1.82, 2.24) is 9.88 Å². The summed E-state index contributed by atoms with van der Waals surface area (Å²) in [5.41, 5.74) is 3.36. The molecule has 1 aromatic carbocycles. The number of nitriles is 2. The Labute approximate surface area is 224 Å². The van der Waals surface area contributed by atoms with Crippen LogP contribution < -0.4 is 9.21 Å². The monoisotopic (exact) mass is 538 g/mol. The average molecular weight is 539 g/mol. The Bertz CT molecular complexity index is 1300. The van der Waals surface area contributed by atoms with Crippen LogP contribution in [0.5, 0.6) is 0 Å². The zero-order valence-corrected chi connectivity index (χ0v) is 23.4. The third-order valence-corrected chi connectivity index (χ3v) is 9.67. The fourth-order valence-corrected chi connectivity index (χ4v) is 6.68. The summed E-state index contributed by atoms with van der Waals surface area (Å²) in [6.45, 7) is 6.07. The normalized spacial score (nSPS) is 16.9. The van der Waals surface area contributed by atoms with Gasteiger partial charge in [0.05, 0.1) is 23.1 Å². The lowest BCUT2D eigenvalue weighted by atomic mass is 9.99. The van der Waals surface area contributed by atoms with E-state index >= 15 is 0 Å². The molecule has 3 heterocycles. The first-order chi connectivity index (χ1) is 17.8. The standard InChI is InChI=1S/C27H34N6O2S2/c1-4-23-24(17-28)26(33-15-11-22(12-16-33)32-13-5-6-14-32)30-27(25(23)18-29)36-19-20-7-9-21(10-8-20)31(2)37(3,34)35/h7-10,22H,4-6,11-16,19H2,1-3H3. The number of hydrogen-bond donors (Lipinski definition) is 0. The Balaban J connectivity index is 1.56. The second-order valence-electron chi connectivity index (χ2n) is 9.69. The van der Waals surface area contributed by atoms with Crippen molar-refractivity contribution in [2.75, 3.05) is 48.7 Å². The zero-order valence-electron chi connectivity index (χ0n) is 21.8. The fourth-order valence-electron chi connectivity index (χ4n) is 5.21. The lowest BCUT2D eigenvalue weighted by molar-refractivity contribution is 0.207. The number of aromatic nitrogens is 1. The first-order valence-electron chi connectivity index (χ1n) is 12.8. The van der Waals surface area contributed by atoms with Crippen LogP contribution in [0.1, 0.15) is 54.9 Å². The molecule has 0 atom stereocenters. The molecule has 0 aliphatic carbocycles. The van der Waals surface area contributed by atoms with Gasteiger partial charge in [0.2, 0.25) is 10.0 Å². The van der Waals surface area contributed by atoms with Crippen LogP contribution in [0.4, 0.5) is 11.5 Å². The second-order valence-corrected chi connectivity index (χ2v) is 12.7. The molecular formula is C27H34N6O2S2. The molecule has 2 fully saturated rings. The smallest absolute Gasteiger partial charge is 0.231 e. The van der Waals surface area contributed by atoms with E-state index in [9.17, 15) is 18.9 Å². The number of pyridine rings is 1. The minimum Gasteiger partial charge on any atom is -0.355 e. The van der Waals surface area contributed by atoms with E-state index in [0.29, 0.717) is 45.9 Å². The van der Waals surface area contributed by atoms with Crippen molar-refractivity contribution >= 4 is 33.3 Å². The molecule has 0 N–H and O–H groups in total. The summed E-state index contributed by atoms with van der Waals surface area (Å²) in [6.07, 6.45) is 6.46. The molecule has 0 saturated carbocycles. The van der Waals surface area contributed by atoms with Crippen molar-refractivity contribution in [2.45, 2.75) is 55.8 Å². The summed E-state index contributed by atoms with van der Waals surface area (Å²) in [7, 11) is -1.79. The summed E-state index contributed by atoms with van der Waals surface area (Å²) >= 11 is 1.48. The number of nitrogens with zero attached hydrogens (tertiary/aromatic N) is 6. The Morgan fingerprint density at radius 1 is 1.05 bits per heavy atom. The van der Waals surface area contributed by atoms with Gasteiger partial charge in [-0.3, -0.25) is 4.31 Å². The highest BCUT2D eigenvalue weighted by molar-refractivity contribution is 7.98. The van der Waals surface area contributed by atoms with Crippen molar-refractivity contribution in [2.24, 2.45) is 0 Å². The van der Waals surface area contributed by atoms with Gasteiger partial charge in [-0.05, 0) is 68.5 Å². The van der Waals surface area contributed by atoms with Gasteiger partial charge in [-0.15, -0.1) is 11.8 Å². The van der Waals surface area contributed by atoms with Crippen molar-refractivity contribution in [3.05, 3.63) is 46.5 Å². The van der Waals surface area contributed by atoms with Crippen LogP contribution in [0.2, 0.25) is 0 Å². The van der Waals surface area contributed by atoms with Crippen LogP contribution in [-0.2, 0) is 22.2 Å². The Morgan fingerprint density at radius 3 is 2.22 bits per heavy atom. The molecule has 2 saturated heterocycles. The van der Waals surface area contributed by atoms with Crippen LogP contribution in [0.15, 0.2) is 29.3 Å². The third kappa shape index (κ3) is 6.04. The highest BCUT2D eigenvalue weighted by Gasteiger charge is 2.29. The molecule has 2 aliphatic heterocycles. The molecule has 196 valence electrons. The average Bonchev–Trinajstić information content (AvgIpc) is 3.45. The highest BCUT2D eigenvalue weighted by atomic mass is 32.2. The van der Waals surface area contributed by atoms with Gasteiger partial charge in [0.1, 0.15) is 23.0 Å². The number of piperidine rings is 1. The molecule has 1 aromatic heterocycles. The van der Waals surface area contributed by atoms with Crippen molar-refractivity contribution in [3.8, 4) is 12.1 Å². The van der Waals surface area contributed by atoms with Crippen molar-refractivity contribution in [1.29, 1.82) is 10.5 Å². The molecule has 0 bridgehead atoms. The van der Waals surface area contributed by atoms with E-state index in [-0.39, 0.29) is 0 Å². The molecule has 0 unspecified atom stereocenters. The summed E-state index contributed by atoms with van der Waals surface area (Å²) in [6, 6.07) is 12.6. The zero-order chi connectivity index (χ0) is 26.6. The van der Waals surface area contributed by atoms with Crippen LogP contribution in [0.3, 0.4) is 0 Å². The molecule has 0 spiro atoms. The van der Waals surface area contributed by atoms with Gasteiger partial charge in [0, 0.05) is 31.9 Å². The van der Waals surface area contributed by atoms with E-state index in [1.165, 1.54) is 55.3 Å². The Kier molecular flexibility index (Phi) is 8.63. The minimum atomic E-state index is -3.32. The Hall–Kier alpha value is -2.79. The van der Waals surface area contributed by atoms with Gasteiger partial charge in [0.15, 0.2) is 0 Å². The van der Waals surface area contributed by atoms with Crippen LogP contribution in [0, 0.1) is 22.7 Å². The highest BCUT2D eigenvalue weighted by Crippen LogP contribution is 2.35. The first kappa shape index (κ1) is 27.3. The predicted molar refractivity (Wildman–Crippen MR) is 148 cm³/mol. The second kappa shape index (κ2) is 11.7. The first-order valence-corrected chi connectivity index (χ1v) is 15.6. The van der Waals surface area contributed by atoms with E-state index in [1.807, 2.05) is 19.1 Å². The van der Waals surface area contributed by atoms with E-state index in [2.05, 4.69) is 21.9 Å². The number of anilines is 2. The predicted octanol–water partition coefficient (Wildman–Crippen LogP) is 4.14. The number of sulfonamides is 1. The van der Waals surface area contributed by atoms with E-state index in [0.717, 1.165) is 37.1 Å². The van der Waals surface area contributed by atoms with E-state index in [1.54, 1.807) is 12.1 Å². The maximum Gasteiger partial charge on any atom is 0.231 e. The SMILES string of the molecule is CCc1c(C#N)c(SCc2ccc(N(C)S(C)(=O)=O)cc2)nc(N2CCC(N3CCCC3)CC2)c1C#N. The van der Waals surface area contributed by atoms with Crippen LogP contribution in [-0.4, -0.2) is 63.8 Å². The summed E-state index contributed by atoms with van der Waals surface area (Å²) in [5.74, 6) is 1.28. The van der Waals surface area contributed by atoms with E-state index < -0.39 is 10.0 Å². The maximum absolute atomic E-state index is 11.8. The number of likely N-dealkylation sites (tertiary alicyclic amines) is 1. The number of hydrogen-bond acceptors (Lipinski definition) is 8. The lowest BCUT2D eigenvalue weighted by Crippen LogP contribution is -2.44. The molecule has 8 nitrogen and oxygen atoms in total. The molecule has 0 amide bonds. The van der Waals surface area contributed by atoms with Crippen LogP contribution in [0.25, 0.3) is 0 Å². The van der Waals surface area contributed by atoms with Gasteiger partial charge in [-0.1, -0.05) is 19.1 Å². The fraction of sp³-hybridized carbons (Fsp3) is 0.519. The molecule has 2 aliphatic rings. The largest absolute Gasteiger partial charge is 0.355 e. The molecule has 0 radical (unpaired) electrons. The number of rotatable bonds is 8. The van der Waals surface area contributed by atoms with Gasteiger partial charge in [-0.25, -0.2) is 13.4 Å².